The summed E-state index contributed by atoms with van der Waals surface area (Å²) in [6.45, 7) is 5.66. The number of aryl methyl sites for hydroxylation is 1. The molecule has 2 aromatic rings. The monoisotopic (exact) mass is 443 g/mol. The smallest absolute Gasteiger partial charge is 0.407 e. The lowest BCUT2D eigenvalue weighted by atomic mass is 10.1. The molecule has 172 valence electrons. The summed E-state index contributed by atoms with van der Waals surface area (Å²) in [5.41, 5.74) is 1.50. The molecule has 0 aliphatic rings. The Balaban J connectivity index is 1.78. The van der Waals surface area contributed by atoms with Crippen molar-refractivity contribution in [3.63, 3.8) is 0 Å². The predicted octanol–water partition coefficient (Wildman–Crippen LogP) is 3.93. The highest BCUT2D eigenvalue weighted by Crippen LogP contribution is 2.16. The molecule has 0 fully saturated rings. The van der Waals surface area contributed by atoms with Gasteiger partial charge in [-0.3, -0.25) is 9.59 Å². The van der Waals surface area contributed by atoms with E-state index in [1.165, 1.54) is 12.1 Å². The molecule has 0 radical (unpaired) electrons. The van der Waals surface area contributed by atoms with Gasteiger partial charge >= 0.3 is 6.09 Å². The molecule has 0 unspecified atom stereocenters. The molecule has 0 spiro atoms. The first-order chi connectivity index (χ1) is 15.1. The lowest BCUT2D eigenvalue weighted by Crippen LogP contribution is -2.35. The maximum atomic E-state index is 13.3. The van der Waals surface area contributed by atoms with Crippen molar-refractivity contribution in [2.24, 2.45) is 0 Å². The molecule has 0 atom stereocenters. The van der Waals surface area contributed by atoms with Gasteiger partial charge in [-0.15, -0.1) is 0 Å². The van der Waals surface area contributed by atoms with Gasteiger partial charge in [-0.2, -0.15) is 0 Å². The Labute approximate surface area is 187 Å². The average molecular weight is 444 g/mol. The minimum Gasteiger partial charge on any atom is -0.444 e. The maximum absolute atomic E-state index is 13.3. The summed E-state index contributed by atoms with van der Waals surface area (Å²) in [5, 5.41) is 8.15. The number of nitrogens with one attached hydrogen (secondary N) is 3. The number of ether oxygens (including phenoxy) is 1. The van der Waals surface area contributed by atoms with Crippen LogP contribution in [-0.4, -0.2) is 30.1 Å². The second-order valence-electron chi connectivity index (χ2n) is 8.29. The zero-order chi connectivity index (χ0) is 23.6. The molecular formula is C24H30FN3O4. The zero-order valence-electron chi connectivity index (χ0n) is 18.7. The van der Waals surface area contributed by atoms with Crippen LogP contribution >= 0.6 is 0 Å². The van der Waals surface area contributed by atoms with Crippen molar-refractivity contribution < 1.29 is 23.5 Å². The van der Waals surface area contributed by atoms with Gasteiger partial charge in [0.15, 0.2) is 0 Å². The molecule has 2 aromatic carbocycles. The molecule has 0 bridgehead atoms. The van der Waals surface area contributed by atoms with Gasteiger partial charge in [0.1, 0.15) is 11.4 Å². The zero-order valence-corrected chi connectivity index (χ0v) is 18.7. The molecule has 0 aromatic heterocycles. The summed E-state index contributed by atoms with van der Waals surface area (Å²) >= 11 is 0. The summed E-state index contributed by atoms with van der Waals surface area (Å²) in [6, 6.07) is 13.3. The van der Waals surface area contributed by atoms with Crippen LogP contribution < -0.4 is 16.0 Å². The fourth-order valence-corrected chi connectivity index (χ4v) is 2.83. The summed E-state index contributed by atoms with van der Waals surface area (Å²) < 4.78 is 18.4. The normalized spacial score (nSPS) is 10.9. The Morgan fingerprint density at radius 3 is 2.41 bits per heavy atom. The number of rotatable bonds is 9. The second-order valence-corrected chi connectivity index (χ2v) is 8.29. The number of anilines is 1. The molecule has 2 rings (SSSR count). The third-order valence-corrected chi connectivity index (χ3v) is 4.32. The molecule has 7 nitrogen and oxygen atoms in total. The Kier molecular flexibility index (Phi) is 9.19. The average Bonchev–Trinajstić information content (AvgIpc) is 2.70. The van der Waals surface area contributed by atoms with Gasteiger partial charge in [0, 0.05) is 31.6 Å². The largest absolute Gasteiger partial charge is 0.444 e. The highest BCUT2D eigenvalue weighted by atomic mass is 19.1. The van der Waals surface area contributed by atoms with Crippen LogP contribution in [0.2, 0.25) is 0 Å². The Hall–Kier alpha value is -3.42. The van der Waals surface area contributed by atoms with Crippen molar-refractivity contribution in [1.29, 1.82) is 0 Å². The number of halogens is 1. The standard InChI is InChI=1S/C24H30FN3O4/c1-24(2,3)32-23(31)26-14-13-21(29)27-16-18-8-4-5-10-20(18)28-22(30)12-11-17-7-6-9-19(25)15-17/h4-10,15H,11-14,16H2,1-3H3,(H,26,31)(H,27,29)(H,28,30). The number of hydrogen-bond acceptors (Lipinski definition) is 4. The molecule has 0 heterocycles. The van der Waals surface area contributed by atoms with Crippen LogP contribution in [0, 0.1) is 5.82 Å². The summed E-state index contributed by atoms with van der Waals surface area (Å²) in [6.07, 6.45) is 0.159. The number of hydrogen-bond donors (Lipinski definition) is 3. The topological polar surface area (TPSA) is 96.5 Å². The van der Waals surface area contributed by atoms with E-state index in [2.05, 4.69) is 16.0 Å². The minimum atomic E-state index is -0.599. The van der Waals surface area contributed by atoms with Crippen molar-refractivity contribution in [1.82, 2.24) is 10.6 Å². The fraction of sp³-hybridized carbons (Fsp3) is 0.375. The highest BCUT2D eigenvalue weighted by molar-refractivity contribution is 5.91. The number of alkyl carbamates (subject to hydrolysis) is 1. The number of carbonyl (C=O) groups is 3. The predicted molar refractivity (Wildman–Crippen MR) is 120 cm³/mol. The molecule has 8 heteroatoms. The van der Waals surface area contributed by atoms with Gasteiger partial charge in [-0.1, -0.05) is 30.3 Å². The van der Waals surface area contributed by atoms with Crippen LogP contribution in [0.1, 0.15) is 44.7 Å². The van der Waals surface area contributed by atoms with Crippen LogP contribution in [0.3, 0.4) is 0 Å². The SMILES string of the molecule is CC(C)(C)OC(=O)NCCC(=O)NCc1ccccc1NC(=O)CCc1cccc(F)c1. The number of para-hydroxylation sites is 1. The third kappa shape index (κ3) is 9.59. The number of amides is 3. The van der Waals surface area contributed by atoms with E-state index in [1.54, 1.807) is 51.1 Å². The Bertz CT molecular complexity index is 941. The fourth-order valence-electron chi connectivity index (χ4n) is 2.83. The van der Waals surface area contributed by atoms with Gasteiger partial charge in [0.25, 0.3) is 0 Å². The Morgan fingerprint density at radius 1 is 0.938 bits per heavy atom. The van der Waals surface area contributed by atoms with Crippen molar-refractivity contribution in [2.75, 3.05) is 11.9 Å². The quantitative estimate of drug-likeness (QED) is 0.547. The van der Waals surface area contributed by atoms with E-state index in [-0.39, 0.29) is 43.6 Å². The lowest BCUT2D eigenvalue weighted by Gasteiger charge is -2.19. The van der Waals surface area contributed by atoms with E-state index in [9.17, 15) is 18.8 Å². The van der Waals surface area contributed by atoms with Crippen molar-refractivity contribution in [3.05, 3.63) is 65.5 Å². The first-order valence-corrected chi connectivity index (χ1v) is 10.5. The van der Waals surface area contributed by atoms with E-state index in [1.807, 2.05) is 6.07 Å². The first-order valence-electron chi connectivity index (χ1n) is 10.5. The van der Waals surface area contributed by atoms with E-state index in [4.69, 9.17) is 4.74 Å². The van der Waals surface area contributed by atoms with Crippen molar-refractivity contribution >= 4 is 23.6 Å². The Morgan fingerprint density at radius 2 is 1.69 bits per heavy atom. The molecule has 0 aliphatic heterocycles. The van der Waals surface area contributed by atoms with E-state index in [0.717, 1.165) is 11.1 Å². The molecule has 0 saturated heterocycles. The highest BCUT2D eigenvalue weighted by Gasteiger charge is 2.16. The number of carbonyl (C=O) groups excluding carboxylic acids is 3. The second kappa shape index (κ2) is 11.8. The first kappa shape index (κ1) is 24.8. The minimum absolute atomic E-state index is 0.0986. The van der Waals surface area contributed by atoms with Crippen molar-refractivity contribution in [2.45, 2.75) is 52.2 Å². The van der Waals surface area contributed by atoms with E-state index < -0.39 is 11.7 Å². The van der Waals surface area contributed by atoms with Gasteiger partial charge < -0.3 is 20.7 Å². The molecule has 32 heavy (non-hydrogen) atoms. The van der Waals surface area contributed by atoms with E-state index in [0.29, 0.717) is 12.1 Å². The summed E-state index contributed by atoms with van der Waals surface area (Å²) in [5.74, 6) is -0.770. The maximum Gasteiger partial charge on any atom is 0.407 e. The van der Waals surface area contributed by atoms with Gasteiger partial charge in [-0.25, -0.2) is 9.18 Å². The molecule has 0 saturated carbocycles. The van der Waals surface area contributed by atoms with Crippen LogP contribution in [0.25, 0.3) is 0 Å². The van der Waals surface area contributed by atoms with Gasteiger partial charge in [-0.05, 0) is 56.5 Å². The van der Waals surface area contributed by atoms with Crippen molar-refractivity contribution in [3.8, 4) is 0 Å². The number of benzene rings is 2. The molecule has 3 amide bonds. The summed E-state index contributed by atoms with van der Waals surface area (Å²) in [4.78, 5) is 36.0. The van der Waals surface area contributed by atoms with Crippen LogP contribution in [0.15, 0.2) is 48.5 Å². The lowest BCUT2D eigenvalue weighted by molar-refractivity contribution is -0.121. The molecule has 0 aliphatic carbocycles. The third-order valence-electron chi connectivity index (χ3n) is 4.32. The van der Waals surface area contributed by atoms with Crippen LogP contribution in [0.4, 0.5) is 14.9 Å². The summed E-state index contributed by atoms with van der Waals surface area (Å²) in [7, 11) is 0. The van der Waals surface area contributed by atoms with Crippen LogP contribution in [0.5, 0.6) is 0 Å². The molecule has 3 N–H and O–H groups in total. The van der Waals surface area contributed by atoms with E-state index >= 15 is 0 Å². The van der Waals surface area contributed by atoms with Gasteiger partial charge in [0.2, 0.25) is 11.8 Å². The van der Waals surface area contributed by atoms with Gasteiger partial charge in [0.05, 0.1) is 0 Å². The molecular weight excluding hydrogens is 413 g/mol. The van der Waals surface area contributed by atoms with Crippen LogP contribution in [-0.2, 0) is 27.3 Å².